The van der Waals surface area contributed by atoms with Crippen LogP contribution in [0, 0.1) is 6.92 Å². The molecule has 0 aliphatic carbocycles. The van der Waals surface area contributed by atoms with Crippen LogP contribution in [0.5, 0.6) is 5.75 Å². The van der Waals surface area contributed by atoms with Gasteiger partial charge in [0.05, 0.1) is 26.9 Å². The number of esters is 1. The Kier molecular flexibility index (Phi) is 6.91. The van der Waals surface area contributed by atoms with Crippen molar-refractivity contribution in [2.45, 2.75) is 19.4 Å². The average Bonchev–Trinajstić information content (AvgIpc) is 3.40. The third-order valence-corrected chi connectivity index (χ3v) is 7.83. The summed E-state index contributed by atoms with van der Waals surface area (Å²) in [4.78, 5) is 42.1. The molecule has 200 valence electrons. The number of imide groups is 1. The molecule has 10 nitrogen and oxygen atoms in total. The quantitative estimate of drug-likeness (QED) is 0.180. The molecule has 1 aromatic heterocycles. The molecule has 0 fully saturated rings. The smallest absolute Gasteiger partial charge is 0.334 e. The molecule has 0 saturated heterocycles. The summed E-state index contributed by atoms with van der Waals surface area (Å²) in [5.74, 6) is -3.06. The summed E-state index contributed by atoms with van der Waals surface area (Å²) >= 11 is 12.1. The Hall–Kier alpha value is -3.80. The highest BCUT2D eigenvalue weighted by atomic mass is 35.5. The molecule has 2 amide bonds. The first-order valence-corrected chi connectivity index (χ1v) is 14.4. The molecule has 13 heteroatoms. The van der Waals surface area contributed by atoms with Crippen LogP contribution >= 0.6 is 23.2 Å². The Morgan fingerprint density at radius 2 is 1.51 bits per heavy atom. The molecular weight excluding hydrogens is 567 g/mol. The first-order chi connectivity index (χ1) is 18.4. The number of nitrogens with zero attached hydrogens (tertiary/aromatic N) is 4. The van der Waals surface area contributed by atoms with Gasteiger partial charge < -0.3 is 4.74 Å². The molecular formula is C26H20Cl2N4O6S. The van der Waals surface area contributed by atoms with Crippen molar-refractivity contribution in [1.29, 1.82) is 0 Å². The lowest BCUT2D eigenvalue weighted by atomic mass is 10.1. The van der Waals surface area contributed by atoms with Gasteiger partial charge in [0.1, 0.15) is 32.6 Å². The van der Waals surface area contributed by atoms with Gasteiger partial charge in [0.15, 0.2) is 5.75 Å². The Morgan fingerprint density at radius 3 is 2.05 bits per heavy atom. The minimum Gasteiger partial charge on any atom is -0.423 e. The minimum atomic E-state index is -3.57. The van der Waals surface area contributed by atoms with Gasteiger partial charge in [-0.15, -0.1) is 15.0 Å². The van der Waals surface area contributed by atoms with Crippen LogP contribution in [-0.2, 0) is 14.6 Å². The van der Waals surface area contributed by atoms with E-state index < -0.39 is 39.4 Å². The van der Waals surface area contributed by atoms with Gasteiger partial charge >= 0.3 is 5.97 Å². The molecule has 0 saturated carbocycles. The average molecular weight is 587 g/mol. The number of halogens is 2. The monoisotopic (exact) mass is 586 g/mol. The van der Waals surface area contributed by atoms with Crippen molar-refractivity contribution in [2.24, 2.45) is 0 Å². The SMILES string of the molecule is Cc1ccc(OC(=O)[C@@H](CCS(C)(=O)=O)N2C(=O)c3cc(Cl)c(Cl)cc3C2=O)c(-n2nc3ccccc3n2)c1. The fourth-order valence-corrected chi connectivity index (χ4v) is 5.21. The maximum Gasteiger partial charge on any atom is 0.334 e. The molecule has 0 bridgehead atoms. The van der Waals surface area contributed by atoms with Crippen LogP contribution in [0.3, 0.4) is 0 Å². The Morgan fingerprint density at radius 1 is 0.949 bits per heavy atom. The molecule has 0 spiro atoms. The van der Waals surface area contributed by atoms with E-state index >= 15 is 0 Å². The normalized spacial score (nSPS) is 14.1. The lowest BCUT2D eigenvalue weighted by Gasteiger charge is -2.24. The summed E-state index contributed by atoms with van der Waals surface area (Å²) < 4.78 is 29.6. The number of carbonyl (C=O) groups is 3. The number of aromatic nitrogens is 3. The second-order valence-electron chi connectivity index (χ2n) is 9.10. The van der Waals surface area contributed by atoms with E-state index in [9.17, 15) is 22.8 Å². The van der Waals surface area contributed by atoms with E-state index in [0.29, 0.717) is 21.6 Å². The minimum absolute atomic E-state index is 0.0463. The van der Waals surface area contributed by atoms with Crippen molar-refractivity contribution < 1.29 is 27.5 Å². The van der Waals surface area contributed by atoms with E-state index in [4.69, 9.17) is 27.9 Å². The predicted octanol–water partition coefficient (Wildman–Crippen LogP) is 4.04. The molecule has 0 radical (unpaired) electrons. The molecule has 0 unspecified atom stereocenters. The number of ether oxygens (including phenoxy) is 1. The van der Waals surface area contributed by atoms with Crippen molar-refractivity contribution >= 4 is 61.9 Å². The Balaban J connectivity index is 1.52. The molecule has 3 aromatic carbocycles. The van der Waals surface area contributed by atoms with E-state index in [2.05, 4.69) is 10.2 Å². The highest BCUT2D eigenvalue weighted by Crippen LogP contribution is 2.34. The third kappa shape index (κ3) is 5.25. The number of hydrogen-bond acceptors (Lipinski definition) is 8. The topological polar surface area (TPSA) is 129 Å². The number of fused-ring (bicyclic) bond motifs is 2. The van der Waals surface area contributed by atoms with E-state index in [0.717, 1.165) is 11.8 Å². The van der Waals surface area contributed by atoms with E-state index in [1.165, 1.54) is 23.0 Å². The van der Waals surface area contributed by atoms with Crippen LogP contribution in [0.25, 0.3) is 16.7 Å². The number of amides is 2. The van der Waals surface area contributed by atoms with Crippen molar-refractivity contribution in [3.8, 4) is 11.4 Å². The lowest BCUT2D eigenvalue weighted by Crippen LogP contribution is -2.47. The number of sulfone groups is 1. The van der Waals surface area contributed by atoms with E-state index in [1.54, 1.807) is 24.3 Å². The molecule has 2 heterocycles. The predicted molar refractivity (Wildman–Crippen MR) is 144 cm³/mol. The van der Waals surface area contributed by atoms with Crippen molar-refractivity contribution in [3.63, 3.8) is 0 Å². The van der Waals surface area contributed by atoms with Crippen LogP contribution < -0.4 is 4.74 Å². The zero-order chi connectivity index (χ0) is 28.1. The van der Waals surface area contributed by atoms with Crippen LogP contribution in [0.4, 0.5) is 0 Å². The number of rotatable bonds is 7. The summed E-state index contributed by atoms with van der Waals surface area (Å²) in [6.45, 7) is 1.84. The van der Waals surface area contributed by atoms with Gasteiger partial charge in [-0.25, -0.2) is 13.2 Å². The highest BCUT2D eigenvalue weighted by molar-refractivity contribution is 7.90. The molecule has 1 atom stereocenters. The van der Waals surface area contributed by atoms with Crippen LogP contribution in [0.2, 0.25) is 10.0 Å². The largest absolute Gasteiger partial charge is 0.423 e. The summed E-state index contributed by atoms with van der Waals surface area (Å²) in [6, 6.07) is 13.1. The van der Waals surface area contributed by atoms with Crippen LogP contribution in [0.15, 0.2) is 54.6 Å². The van der Waals surface area contributed by atoms with Gasteiger partial charge in [-0.05, 0) is 55.3 Å². The second-order valence-corrected chi connectivity index (χ2v) is 12.2. The summed E-state index contributed by atoms with van der Waals surface area (Å²) in [5.41, 5.74) is 2.30. The fourth-order valence-electron chi connectivity index (χ4n) is 4.23. The maximum atomic E-state index is 13.6. The Labute approximate surface area is 233 Å². The standard InChI is InChI=1S/C26H20Cl2N4O6S/c1-14-7-8-23(22(11-14)32-29-19-5-3-4-6-20(19)30-32)38-26(35)21(9-10-39(2,36)37)31-24(33)15-12-17(27)18(28)13-16(15)25(31)34/h3-8,11-13,21H,9-10H2,1-2H3/t21-/m1/s1. The van der Waals surface area contributed by atoms with Gasteiger partial charge in [0, 0.05) is 6.26 Å². The van der Waals surface area contributed by atoms with Crippen molar-refractivity contribution in [3.05, 3.63) is 81.3 Å². The van der Waals surface area contributed by atoms with Gasteiger partial charge in [-0.3, -0.25) is 14.5 Å². The number of benzene rings is 3. The lowest BCUT2D eigenvalue weighted by molar-refractivity contribution is -0.138. The molecule has 1 aliphatic heterocycles. The van der Waals surface area contributed by atoms with Crippen molar-refractivity contribution in [1.82, 2.24) is 19.9 Å². The van der Waals surface area contributed by atoms with Crippen molar-refractivity contribution in [2.75, 3.05) is 12.0 Å². The van der Waals surface area contributed by atoms with Gasteiger partial charge in [-0.2, -0.15) is 0 Å². The Bertz CT molecular complexity index is 1710. The molecule has 39 heavy (non-hydrogen) atoms. The summed E-state index contributed by atoms with van der Waals surface area (Å²) in [6.07, 6.45) is 0.610. The first-order valence-electron chi connectivity index (χ1n) is 11.6. The van der Waals surface area contributed by atoms with Gasteiger partial charge in [0.2, 0.25) is 0 Å². The molecule has 0 N–H and O–H groups in total. The third-order valence-electron chi connectivity index (χ3n) is 6.13. The van der Waals surface area contributed by atoms with E-state index in [-0.39, 0.29) is 33.3 Å². The maximum absolute atomic E-state index is 13.6. The van der Waals surface area contributed by atoms with Crippen LogP contribution in [0.1, 0.15) is 32.7 Å². The molecule has 4 aromatic rings. The summed E-state index contributed by atoms with van der Waals surface area (Å²) in [5, 5.41) is 8.99. The first kappa shape index (κ1) is 26.8. The number of aryl methyl sites for hydroxylation is 1. The zero-order valence-corrected chi connectivity index (χ0v) is 22.9. The molecule has 1 aliphatic rings. The fraction of sp³-hybridized carbons (Fsp3) is 0.192. The molecule has 5 rings (SSSR count). The van der Waals surface area contributed by atoms with Crippen LogP contribution in [-0.4, -0.2) is 64.1 Å². The number of carbonyl (C=O) groups excluding carboxylic acids is 3. The van der Waals surface area contributed by atoms with E-state index in [1.807, 2.05) is 19.1 Å². The number of hydrogen-bond donors (Lipinski definition) is 0. The van der Waals surface area contributed by atoms with Gasteiger partial charge in [-0.1, -0.05) is 41.4 Å². The highest BCUT2D eigenvalue weighted by Gasteiger charge is 2.44. The second kappa shape index (κ2) is 10.1. The van der Waals surface area contributed by atoms with Gasteiger partial charge in [0.25, 0.3) is 11.8 Å². The summed E-state index contributed by atoms with van der Waals surface area (Å²) in [7, 11) is -3.57. The zero-order valence-electron chi connectivity index (χ0n) is 20.6.